The van der Waals surface area contributed by atoms with E-state index in [-0.39, 0.29) is 17.2 Å². The van der Waals surface area contributed by atoms with Crippen molar-refractivity contribution in [1.82, 2.24) is 9.97 Å². The van der Waals surface area contributed by atoms with Crippen LogP contribution in [0.3, 0.4) is 0 Å². The molecule has 0 bridgehead atoms. The van der Waals surface area contributed by atoms with Gasteiger partial charge < -0.3 is 0 Å². The van der Waals surface area contributed by atoms with Gasteiger partial charge in [0.1, 0.15) is 5.82 Å². The van der Waals surface area contributed by atoms with Crippen LogP contribution in [0.25, 0.3) is 0 Å². The molecule has 1 fully saturated rings. The van der Waals surface area contributed by atoms with Crippen molar-refractivity contribution in [3.63, 3.8) is 0 Å². The van der Waals surface area contributed by atoms with Gasteiger partial charge in [-0.1, -0.05) is 66.5 Å². The second-order valence-electron chi connectivity index (χ2n) is 7.81. The highest BCUT2D eigenvalue weighted by Gasteiger charge is 2.44. The SMILES string of the molecule is C=CC[C@@]1(C)CC[C@@H](c2ccc(Cl)cc2)N(c2ccnc(Cl)n2)C1=O.Clc1ccccc1. The van der Waals surface area contributed by atoms with Crippen molar-refractivity contribution in [2.45, 2.75) is 32.2 Å². The summed E-state index contributed by atoms with van der Waals surface area (Å²) in [7, 11) is 0. The molecule has 4 rings (SSSR count). The average molecular weight is 489 g/mol. The zero-order chi connectivity index (χ0) is 23.1. The number of nitrogens with zero attached hydrogens (tertiary/aromatic N) is 3. The van der Waals surface area contributed by atoms with Crippen molar-refractivity contribution in [3.8, 4) is 0 Å². The second kappa shape index (κ2) is 11.0. The third-order valence-corrected chi connectivity index (χ3v) is 6.14. The summed E-state index contributed by atoms with van der Waals surface area (Å²) in [5.41, 5.74) is 0.524. The lowest BCUT2D eigenvalue weighted by molar-refractivity contribution is -0.130. The minimum Gasteiger partial charge on any atom is -0.289 e. The van der Waals surface area contributed by atoms with Crippen LogP contribution < -0.4 is 4.90 Å². The van der Waals surface area contributed by atoms with Gasteiger partial charge in [-0.3, -0.25) is 9.69 Å². The summed E-state index contributed by atoms with van der Waals surface area (Å²) in [4.78, 5) is 23.3. The molecule has 1 aliphatic rings. The molecule has 1 aliphatic heterocycles. The van der Waals surface area contributed by atoms with Gasteiger partial charge >= 0.3 is 0 Å². The fourth-order valence-electron chi connectivity index (χ4n) is 3.77. The van der Waals surface area contributed by atoms with Gasteiger partial charge in [0.2, 0.25) is 11.2 Å². The number of anilines is 1. The maximum Gasteiger partial charge on any atom is 0.234 e. The molecule has 32 heavy (non-hydrogen) atoms. The Balaban J connectivity index is 0.000000352. The minimum atomic E-state index is -0.498. The number of piperidine rings is 1. The van der Waals surface area contributed by atoms with E-state index >= 15 is 0 Å². The van der Waals surface area contributed by atoms with E-state index in [9.17, 15) is 4.79 Å². The normalized spacial score (nSPS) is 20.3. The molecule has 1 amide bonds. The Labute approximate surface area is 203 Å². The lowest BCUT2D eigenvalue weighted by atomic mass is 9.75. The monoisotopic (exact) mass is 487 g/mol. The van der Waals surface area contributed by atoms with E-state index in [1.165, 1.54) is 0 Å². The van der Waals surface area contributed by atoms with E-state index in [2.05, 4.69) is 16.5 Å². The number of hydrogen-bond acceptors (Lipinski definition) is 3. The van der Waals surface area contributed by atoms with Crippen molar-refractivity contribution in [1.29, 1.82) is 0 Å². The van der Waals surface area contributed by atoms with Crippen LogP contribution in [0.15, 0.2) is 79.5 Å². The Hall–Kier alpha value is -2.40. The van der Waals surface area contributed by atoms with Crippen LogP contribution in [0.2, 0.25) is 15.3 Å². The van der Waals surface area contributed by atoms with Gasteiger partial charge in [0.15, 0.2) is 0 Å². The van der Waals surface area contributed by atoms with Gasteiger partial charge in [0.25, 0.3) is 0 Å². The summed E-state index contributed by atoms with van der Waals surface area (Å²) in [5.74, 6) is 0.535. The van der Waals surface area contributed by atoms with Gasteiger partial charge in [-0.2, -0.15) is 0 Å². The van der Waals surface area contributed by atoms with Gasteiger partial charge in [-0.25, -0.2) is 9.97 Å². The number of amides is 1. The summed E-state index contributed by atoms with van der Waals surface area (Å²) < 4.78 is 0. The molecule has 0 unspecified atom stereocenters. The zero-order valence-corrected chi connectivity index (χ0v) is 20.0. The summed E-state index contributed by atoms with van der Waals surface area (Å²) in [6.07, 6.45) is 5.58. The molecule has 1 saturated heterocycles. The highest BCUT2D eigenvalue weighted by atomic mass is 35.5. The molecular formula is C25H24Cl3N3O. The summed E-state index contributed by atoms with van der Waals surface area (Å²) in [5, 5.41) is 1.58. The number of hydrogen-bond donors (Lipinski definition) is 0. The van der Waals surface area contributed by atoms with E-state index in [0.717, 1.165) is 23.4 Å². The van der Waals surface area contributed by atoms with Gasteiger partial charge in [-0.15, -0.1) is 6.58 Å². The first kappa shape index (κ1) is 24.2. The number of aromatic nitrogens is 2. The quantitative estimate of drug-likeness (QED) is 0.281. The Morgan fingerprint density at radius 2 is 1.72 bits per heavy atom. The zero-order valence-electron chi connectivity index (χ0n) is 17.7. The van der Waals surface area contributed by atoms with E-state index < -0.39 is 5.41 Å². The lowest BCUT2D eigenvalue weighted by Gasteiger charge is -2.44. The number of halogens is 3. The molecule has 0 saturated carbocycles. The number of allylic oxidation sites excluding steroid dienone is 1. The van der Waals surface area contributed by atoms with E-state index in [0.29, 0.717) is 17.3 Å². The third-order valence-electron chi connectivity index (χ3n) is 5.46. The van der Waals surface area contributed by atoms with Crippen LogP contribution in [-0.2, 0) is 4.79 Å². The fraction of sp³-hybridized carbons (Fsp3) is 0.240. The molecule has 2 aromatic carbocycles. The Kier molecular flexibility index (Phi) is 8.30. The average Bonchev–Trinajstić information content (AvgIpc) is 2.77. The molecule has 3 aromatic rings. The van der Waals surface area contributed by atoms with Gasteiger partial charge in [0, 0.05) is 16.2 Å². The highest BCUT2D eigenvalue weighted by molar-refractivity contribution is 6.30. The molecule has 2 heterocycles. The van der Waals surface area contributed by atoms with Gasteiger partial charge in [0.05, 0.1) is 11.5 Å². The van der Waals surface area contributed by atoms with Crippen molar-refractivity contribution in [3.05, 3.63) is 100 Å². The van der Waals surface area contributed by atoms with Gasteiger partial charge in [-0.05, 0) is 66.8 Å². The third kappa shape index (κ3) is 5.89. The second-order valence-corrected chi connectivity index (χ2v) is 9.03. The first-order valence-electron chi connectivity index (χ1n) is 10.2. The van der Waals surface area contributed by atoms with E-state index in [1.54, 1.807) is 23.2 Å². The number of carbonyl (C=O) groups is 1. The van der Waals surface area contributed by atoms with Crippen molar-refractivity contribution < 1.29 is 4.79 Å². The molecule has 2 atom stereocenters. The molecule has 0 spiro atoms. The first-order valence-corrected chi connectivity index (χ1v) is 11.4. The Bertz CT molecular complexity index is 1060. The predicted octanol–water partition coefficient (Wildman–Crippen LogP) is 7.57. The van der Waals surface area contributed by atoms with E-state index in [4.69, 9.17) is 34.8 Å². The molecule has 0 radical (unpaired) electrons. The van der Waals surface area contributed by atoms with Crippen LogP contribution in [-0.4, -0.2) is 15.9 Å². The molecule has 4 nitrogen and oxygen atoms in total. The molecule has 0 N–H and O–H groups in total. The largest absolute Gasteiger partial charge is 0.289 e. The van der Waals surface area contributed by atoms with Crippen molar-refractivity contribution in [2.24, 2.45) is 5.41 Å². The lowest BCUT2D eigenvalue weighted by Crippen LogP contribution is -2.49. The molecule has 1 aromatic heterocycles. The predicted molar refractivity (Wildman–Crippen MR) is 132 cm³/mol. The highest BCUT2D eigenvalue weighted by Crippen LogP contribution is 2.44. The standard InChI is InChI=1S/C19H19Cl2N3O.C6H5Cl/c1-3-10-19(2)11-8-15(13-4-6-14(20)7-5-13)24(17(19)25)16-9-12-22-18(21)23-16;7-6-4-2-1-3-5-6/h3-7,9,12,15H,1,8,10-11H2,2H3;1-5H/t15-,19-;/m0./s1. The summed E-state index contributed by atoms with van der Waals surface area (Å²) in [6.45, 7) is 5.78. The minimum absolute atomic E-state index is 0.0216. The van der Waals surface area contributed by atoms with Crippen LogP contribution in [0, 0.1) is 5.41 Å². The van der Waals surface area contributed by atoms with E-state index in [1.807, 2.05) is 61.5 Å². The number of rotatable bonds is 4. The van der Waals surface area contributed by atoms with Crippen LogP contribution in [0.5, 0.6) is 0 Å². The van der Waals surface area contributed by atoms with Crippen LogP contribution in [0.1, 0.15) is 37.8 Å². The van der Waals surface area contributed by atoms with Crippen LogP contribution >= 0.6 is 34.8 Å². The molecule has 7 heteroatoms. The topological polar surface area (TPSA) is 46.1 Å². The summed E-state index contributed by atoms with van der Waals surface area (Å²) in [6, 6.07) is 18.6. The van der Waals surface area contributed by atoms with Crippen molar-refractivity contribution in [2.75, 3.05) is 4.90 Å². The molecule has 0 aliphatic carbocycles. The molecule has 166 valence electrons. The maximum atomic E-state index is 13.3. The molecular weight excluding hydrogens is 465 g/mol. The van der Waals surface area contributed by atoms with Crippen LogP contribution in [0.4, 0.5) is 5.82 Å². The van der Waals surface area contributed by atoms with Crippen molar-refractivity contribution >= 4 is 46.5 Å². The smallest absolute Gasteiger partial charge is 0.234 e. The Morgan fingerprint density at radius 1 is 1.06 bits per heavy atom. The fourth-order valence-corrected chi connectivity index (χ4v) is 4.19. The maximum absolute atomic E-state index is 13.3. The Morgan fingerprint density at radius 3 is 2.28 bits per heavy atom. The first-order chi connectivity index (χ1) is 15.3. The summed E-state index contributed by atoms with van der Waals surface area (Å²) >= 11 is 17.5. The number of carbonyl (C=O) groups excluding carboxylic acids is 1. The number of benzene rings is 2.